The van der Waals surface area contributed by atoms with E-state index in [0.29, 0.717) is 47.2 Å². The van der Waals surface area contributed by atoms with Crippen LogP contribution in [-0.4, -0.2) is 35.3 Å². The van der Waals surface area contributed by atoms with E-state index in [1.807, 2.05) is 6.07 Å². The largest absolute Gasteiger partial charge is 0.441 e. The Morgan fingerprint density at radius 2 is 1.86 bits per heavy atom. The SMILES string of the molecule is Cc1oc(-c2ccccc2NC(=O)C2CCCO2)nc1CNC(=O)CCC(=O)c1ccc(F)cc1. The van der Waals surface area contributed by atoms with Crippen molar-refractivity contribution in [3.63, 3.8) is 0 Å². The number of carbonyl (C=O) groups excluding carboxylic acids is 3. The molecule has 1 fully saturated rings. The third kappa shape index (κ3) is 6.19. The molecule has 0 bridgehead atoms. The van der Waals surface area contributed by atoms with Crippen molar-refractivity contribution in [1.82, 2.24) is 10.3 Å². The molecule has 0 aliphatic carbocycles. The van der Waals surface area contributed by atoms with Gasteiger partial charge in [0.1, 0.15) is 23.4 Å². The number of rotatable bonds is 9. The van der Waals surface area contributed by atoms with Crippen LogP contribution in [0.4, 0.5) is 10.1 Å². The van der Waals surface area contributed by atoms with Crippen molar-refractivity contribution in [3.05, 3.63) is 71.4 Å². The third-order valence-electron chi connectivity index (χ3n) is 5.73. The molecule has 8 nitrogen and oxygen atoms in total. The van der Waals surface area contributed by atoms with Crippen LogP contribution in [0.5, 0.6) is 0 Å². The van der Waals surface area contributed by atoms with Gasteiger partial charge in [0.2, 0.25) is 11.8 Å². The summed E-state index contributed by atoms with van der Waals surface area (Å²) < 4.78 is 24.3. The van der Waals surface area contributed by atoms with E-state index in [4.69, 9.17) is 9.15 Å². The lowest BCUT2D eigenvalue weighted by Crippen LogP contribution is -2.27. The van der Waals surface area contributed by atoms with Gasteiger partial charge < -0.3 is 19.8 Å². The molecule has 1 aromatic heterocycles. The number of para-hydroxylation sites is 1. The summed E-state index contributed by atoms with van der Waals surface area (Å²) in [5.41, 5.74) is 2.08. The lowest BCUT2D eigenvalue weighted by atomic mass is 10.1. The van der Waals surface area contributed by atoms with Crippen molar-refractivity contribution in [3.8, 4) is 11.5 Å². The smallest absolute Gasteiger partial charge is 0.253 e. The molecule has 4 rings (SSSR count). The van der Waals surface area contributed by atoms with E-state index in [1.54, 1.807) is 25.1 Å². The van der Waals surface area contributed by atoms with Crippen LogP contribution >= 0.6 is 0 Å². The van der Waals surface area contributed by atoms with Crippen LogP contribution in [0.2, 0.25) is 0 Å². The Labute approximate surface area is 201 Å². The van der Waals surface area contributed by atoms with Crippen molar-refractivity contribution >= 4 is 23.3 Å². The number of aromatic nitrogens is 1. The van der Waals surface area contributed by atoms with Gasteiger partial charge in [-0.25, -0.2) is 9.37 Å². The minimum atomic E-state index is -0.463. The second kappa shape index (κ2) is 11.1. The van der Waals surface area contributed by atoms with E-state index in [1.165, 1.54) is 24.3 Å². The third-order valence-corrected chi connectivity index (χ3v) is 5.73. The molecule has 2 amide bonds. The highest BCUT2D eigenvalue weighted by Gasteiger charge is 2.25. The summed E-state index contributed by atoms with van der Waals surface area (Å²) in [6.45, 7) is 2.45. The zero-order chi connectivity index (χ0) is 24.8. The average molecular weight is 480 g/mol. The molecule has 2 heterocycles. The maximum absolute atomic E-state index is 13.0. The van der Waals surface area contributed by atoms with Crippen molar-refractivity contribution in [1.29, 1.82) is 0 Å². The molecule has 9 heteroatoms. The Morgan fingerprint density at radius 1 is 1.09 bits per heavy atom. The van der Waals surface area contributed by atoms with Crippen LogP contribution in [0.1, 0.15) is 47.5 Å². The Kier molecular flexibility index (Phi) is 7.67. The Morgan fingerprint density at radius 3 is 2.60 bits per heavy atom. The molecular weight excluding hydrogens is 453 g/mol. The molecule has 2 aromatic carbocycles. The number of hydrogen-bond donors (Lipinski definition) is 2. The van der Waals surface area contributed by atoms with Gasteiger partial charge in [-0.1, -0.05) is 12.1 Å². The van der Waals surface area contributed by atoms with Crippen LogP contribution in [-0.2, 0) is 20.9 Å². The van der Waals surface area contributed by atoms with Crippen molar-refractivity contribution in [2.75, 3.05) is 11.9 Å². The lowest BCUT2D eigenvalue weighted by Gasteiger charge is -2.12. The number of carbonyl (C=O) groups is 3. The second-order valence-electron chi connectivity index (χ2n) is 8.27. The molecule has 1 aliphatic rings. The van der Waals surface area contributed by atoms with E-state index in [0.717, 1.165) is 6.42 Å². The number of hydrogen-bond acceptors (Lipinski definition) is 6. The molecule has 35 heavy (non-hydrogen) atoms. The molecule has 0 radical (unpaired) electrons. The zero-order valence-corrected chi connectivity index (χ0v) is 19.3. The fourth-order valence-electron chi connectivity index (χ4n) is 3.76. The van der Waals surface area contributed by atoms with Gasteiger partial charge in [-0.05, 0) is 56.2 Å². The van der Waals surface area contributed by atoms with Crippen LogP contribution in [0.25, 0.3) is 11.5 Å². The molecule has 3 aromatic rings. The van der Waals surface area contributed by atoms with Crippen molar-refractivity contribution < 1.29 is 27.9 Å². The summed E-state index contributed by atoms with van der Waals surface area (Å²) in [5.74, 6) is -0.324. The average Bonchev–Trinajstić information content (AvgIpc) is 3.52. The molecule has 182 valence electrons. The number of Topliss-reactive ketones (excluding diaryl/α,β-unsaturated/α-hetero) is 1. The Hall–Kier alpha value is -3.85. The Balaban J connectivity index is 1.35. The molecule has 0 saturated carbocycles. The van der Waals surface area contributed by atoms with E-state index < -0.39 is 11.9 Å². The van der Waals surface area contributed by atoms with E-state index in [2.05, 4.69) is 15.6 Å². The fraction of sp³-hybridized carbons (Fsp3) is 0.308. The van der Waals surface area contributed by atoms with Crippen LogP contribution in [0, 0.1) is 12.7 Å². The monoisotopic (exact) mass is 479 g/mol. The minimum Gasteiger partial charge on any atom is -0.441 e. The molecule has 2 N–H and O–H groups in total. The van der Waals surface area contributed by atoms with E-state index in [9.17, 15) is 18.8 Å². The van der Waals surface area contributed by atoms with Crippen LogP contribution < -0.4 is 10.6 Å². The maximum Gasteiger partial charge on any atom is 0.253 e. The standard InChI is InChI=1S/C26H26FN3O5/c1-16-21(15-28-24(32)13-12-22(31)17-8-10-18(27)11-9-17)30-26(35-16)19-5-2-3-6-20(19)29-25(33)23-7-4-14-34-23/h2-3,5-6,8-11,23H,4,7,12-15H2,1H3,(H,28,32)(H,29,33). The van der Waals surface area contributed by atoms with E-state index >= 15 is 0 Å². The highest BCUT2D eigenvalue weighted by Crippen LogP contribution is 2.29. The predicted molar refractivity (Wildman–Crippen MR) is 126 cm³/mol. The normalized spacial score (nSPS) is 15.1. The first kappa shape index (κ1) is 24.3. The minimum absolute atomic E-state index is 0.00192. The molecule has 1 atom stereocenters. The highest BCUT2D eigenvalue weighted by atomic mass is 19.1. The second-order valence-corrected chi connectivity index (χ2v) is 8.27. The number of ketones is 1. The van der Waals surface area contributed by atoms with Gasteiger partial charge in [0, 0.05) is 25.0 Å². The lowest BCUT2D eigenvalue weighted by molar-refractivity contribution is -0.124. The van der Waals surface area contributed by atoms with E-state index in [-0.39, 0.29) is 37.0 Å². The molecule has 1 saturated heterocycles. The number of aryl methyl sites for hydroxylation is 1. The summed E-state index contributed by atoms with van der Waals surface area (Å²) in [6, 6.07) is 12.4. The summed E-state index contributed by atoms with van der Waals surface area (Å²) in [6.07, 6.45) is 1.09. The molecule has 1 aliphatic heterocycles. The molecule has 0 spiro atoms. The van der Waals surface area contributed by atoms with Gasteiger partial charge in [-0.2, -0.15) is 0 Å². The number of oxazole rings is 1. The fourth-order valence-corrected chi connectivity index (χ4v) is 3.76. The first-order valence-electron chi connectivity index (χ1n) is 11.4. The summed E-state index contributed by atoms with van der Waals surface area (Å²) in [5, 5.41) is 5.63. The van der Waals surface area contributed by atoms with Crippen LogP contribution in [0.15, 0.2) is 52.9 Å². The first-order valence-corrected chi connectivity index (χ1v) is 11.4. The molecule has 1 unspecified atom stereocenters. The van der Waals surface area contributed by atoms with Gasteiger partial charge in [0.15, 0.2) is 5.78 Å². The number of halogens is 1. The van der Waals surface area contributed by atoms with Crippen LogP contribution in [0.3, 0.4) is 0 Å². The van der Waals surface area contributed by atoms with Gasteiger partial charge >= 0.3 is 0 Å². The topological polar surface area (TPSA) is 111 Å². The van der Waals surface area contributed by atoms with Crippen molar-refractivity contribution in [2.24, 2.45) is 0 Å². The number of benzene rings is 2. The first-order chi connectivity index (χ1) is 16.9. The number of ether oxygens (including phenoxy) is 1. The number of anilines is 1. The zero-order valence-electron chi connectivity index (χ0n) is 19.3. The quantitative estimate of drug-likeness (QED) is 0.446. The van der Waals surface area contributed by atoms with Crippen molar-refractivity contribution in [2.45, 2.75) is 45.3 Å². The number of amides is 2. The highest BCUT2D eigenvalue weighted by molar-refractivity contribution is 5.98. The predicted octanol–water partition coefficient (Wildman–Crippen LogP) is 4.19. The maximum atomic E-state index is 13.0. The van der Waals surface area contributed by atoms with Gasteiger partial charge in [-0.3, -0.25) is 14.4 Å². The summed E-state index contributed by atoms with van der Waals surface area (Å²) >= 11 is 0. The van der Waals surface area contributed by atoms with Gasteiger partial charge in [-0.15, -0.1) is 0 Å². The van der Waals surface area contributed by atoms with Gasteiger partial charge in [0.05, 0.1) is 17.8 Å². The number of nitrogens with zero attached hydrogens (tertiary/aromatic N) is 1. The molecular formula is C26H26FN3O5. The number of nitrogens with one attached hydrogen (secondary N) is 2. The summed E-state index contributed by atoms with van der Waals surface area (Å²) in [4.78, 5) is 41.4. The Bertz CT molecular complexity index is 1220. The summed E-state index contributed by atoms with van der Waals surface area (Å²) in [7, 11) is 0. The van der Waals surface area contributed by atoms with Gasteiger partial charge in [0.25, 0.3) is 5.91 Å².